The van der Waals surface area contributed by atoms with Gasteiger partial charge in [-0.1, -0.05) is 24.3 Å². The van der Waals surface area contributed by atoms with Gasteiger partial charge < -0.3 is 9.15 Å². The summed E-state index contributed by atoms with van der Waals surface area (Å²) in [5.74, 6) is -0.0827. The second kappa shape index (κ2) is 8.77. The number of hydrogen-bond donors (Lipinski definition) is 0. The van der Waals surface area contributed by atoms with E-state index in [0.29, 0.717) is 29.3 Å². The minimum absolute atomic E-state index is 0.0186. The van der Waals surface area contributed by atoms with E-state index in [1.54, 1.807) is 49.4 Å². The molecule has 1 aromatic heterocycles. The Hall–Kier alpha value is -3.76. The predicted octanol–water partition coefficient (Wildman–Crippen LogP) is 3.92. The number of furan rings is 1. The van der Waals surface area contributed by atoms with Crippen molar-refractivity contribution in [2.75, 3.05) is 13.2 Å². The summed E-state index contributed by atoms with van der Waals surface area (Å²) in [7, 11) is 0. The summed E-state index contributed by atoms with van der Waals surface area (Å²) in [5.41, 5.74) is 1.91. The molecule has 4 rings (SSSR count). The third-order valence-electron chi connectivity index (χ3n) is 5.72. The highest BCUT2D eigenvalue weighted by Crippen LogP contribution is 2.30. The zero-order valence-electron chi connectivity index (χ0n) is 17.9. The summed E-state index contributed by atoms with van der Waals surface area (Å²) >= 11 is 0. The molecule has 0 spiro atoms. The summed E-state index contributed by atoms with van der Waals surface area (Å²) in [5, 5.41) is 9.52. The number of carbonyl (C=O) groups is 3. The second-order valence-corrected chi connectivity index (χ2v) is 7.86. The van der Waals surface area contributed by atoms with Crippen molar-refractivity contribution in [1.82, 2.24) is 4.90 Å². The molecule has 1 unspecified atom stereocenters. The van der Waals surface area contributed by atoms with Crippen LogP contribution in [0.4, 0.5) is 0 Å². The van der Waals surface area contributed by atoms with E-state index in [1.165, 1.54) is 6.92 Å². The van der Waals surface area contributed by atoms with E-state index < -0.39 is 11.8 Å². The van der Waals surface area contributed by atoms with Gasteiger partial charge in [-0.15, -0.1) is 0 Å². The van der Waals surface area contributed by atoms with Crippen LogP contribution in [-0.4, -0.2) is 41.8 Å². The summed E-state index contributed by atoms with van der Waals surface area (Å²) in [4.78, 5) is 38.4. The lowest BCUT2D eigenvalue weighted by Gasteiger charge is -2.29. The van der Waals surface area contributed by atoms with Crippen LogP contribution in [0.1, 0.15) is 42.8 Å². The molecule has 7 nitrogen and oxygen atoms in total. The van der Waals surface area contributed by atoms with Crippen molar-refractivity contribution < 1.29 is 23.5 Å². The predicted molar refractivity (Wildman–Crippen MR) is 116 cm³/mol. The van der Waals surface area contributed by atoms with E-state index >= 15 is 0 Å². The fourth-order valence-electron chi connectivity index (χ4n) is 3.88. The molecule has 2 amide bonds. The van der Waals surface area contributed by atoms with Gasteiger partial charge >= 0.3 is 0 Å². The molecule has 2 aliphatic heterocycles. The minimum atomic E-state index is -0.589. The summed E-state index contributed by atoms with van der Waals surface area (Å²) in [6.07, 6.45) is 2.99. The fraction of sp³-hybridized carbons (Fsp3) is 0.280. The van der Waals surface area contributed by atoms with Crippen molar-refractivity contribution in [3.8, 4) is 17.4 Å². The van der Waals surface area contributed by atoms with E-state index in [0.717, 1.165) is 23.3 Å². The number of ether oxygens (including phenoxy) is 1. The molecule has 1 aromatic carbocycles. The first-order valence-corrected chi connectivity index (χ1v) is 10.4. The van der Waals surface area contributed by atoms with Gasteiger partial charge in [0.25, 0.3) is 11.8 Å². The molecule has 1 saturated heterocycles. The molecule has 0 saturated carbocycles. The number of nitriles is 1. The average molecular weight is 430 g/mol. The highest BCUT2D eigenvalue weighted by Gasteiger charge is 2.37. The molecule has 32 heavy (non-hydrogen) atoms. The summed E-state index contributed by atoms with van der Waals surface area (Å²) < 4.78 is 11.5. The van der Waals surface area contributed by atoms with Crippen molar-refractivity contribution >= 4 is 23.7 Å². The third kappa shape index (κ3) is 4.05. The van der Waals surface area contributed by atoms with Crippen molar-refractivity contribution in [3.63, 3.8) is 0 Å². The Morgan fingerprint density at radius 2 is 1.94 bits per heavy atom. The van der Waals surface area contributed by atoms with Crippen LogP contribution in [-0.2, 0) is 14.3 Å². The Morgan fingerprint density at radius 3 is 2.56 bits per heavy atom. The maximum Gasteiger partial charge on any atom is 0.271 e. The Bertz CT molecular complexity index is 1190. The van der Waals surface area contributed by atoms with Crippen LogP contribution in [0, 0.1) is 11.3 Å². The van der Waals surface area contributed by atoms with Gasteiger partial charge in [-0.3, -0.25) is 19.3 Å². The Labute approximate surface area is 185 Å². The van der Waals surface area contributed by atoms with Gasteiger partial charge in [-0.2, -0.15) is 5.26 Å². The molecule has 3 heterocycles. The third-order valence-corrected chi connectivity index (χ3v) is 5.72. The quantitative estimate of drug-likeness (QED) is 0.405. The van der Waals surface area contributed by atoms with Crippen LogP contribution in [0.5, 0.6) is 0 Å². The standard InChI is InChI=1S/C25H22N2O5/c1-15-21(24(29)27(25(30)22(15)13-26)14-20-4-3-11-31-20)12-19-9-10-23(32-19)18-7-5-17(6-8-18)16(2)28/h5-10,12,20H,3-4,11,14H2,1-2H3. The lowest BCUT2D eigenvalue weighted by molar-refractivity contribution is -0.142. The van der Waals surface area contributed by atoms with Gasteiger partial charge in [0, 0.05) is 23.3 Å². The van der Waals surface area contributed by atoms with Gasteiger partial charge in [0.1, 0.15) is 23.2 Å². The van der Waals surface area contributed by atoms with E-state index in [2.05, 4.69) is 0 Å². The summed E-state index contributed by atoms with van der Waals surface area (Å²) in [6, 6.07) is 12.5. The zero-order valence-corrected chi connectivity index (χ0v) is 17.9. The first kappa shape index (κ1) is 21.5. The SMILES string of the molecule is CC(=O)c1ccc(-c2ccc(C=C3C(=O)N(CC4CCCO4)C(=O)C(C#N)=C3C)o2)cc1. The largest absolute Gasteiger partial charge is 0.457 e. The highest BCUT2D eigenvalue weighted by molar-refractivity contribution is 6.19. The first-order chi connectivity index (χ1) is 15.4. The Kier molecular flexibility index (Phi) is 5.89. The van der Waals surface area contributed by atoms with Crippen molar-refractivity contribution in [2.24, 2.45) is 0 Å². The minimum Gasteiger partial charge on any atom is -0.457 e. The fourth-order valence-corrected chi connectivity index (χ4v) is 3.88. The molecule has 2 aromatic rings. The van der Waals surface area contributed by atoms with E-state index in [4.69, 9.17) is 9.15 Å². The van der Waals surface area contributed by atoms with Crippen LogP contribution in [0.2, 0.25) is 0 Å². The number of hydrogen-bond acceptors (Lipinski definition) is 6. The lowest BCUT2D eigenvalue weighted by Crippen LogP contribution is -2.46. The highest BCUT2D eigenvalue weighted by atomic mass is 16.5. The van der Waals surface area contributed by atoms with Gasteiger partial charge in [0.05, 0.1) is 12.6 Å². The van der Waals surface area contributed by atoms with Crippen molar-refractivity contribution in [2.45, 2.75) is 32.8 Å². The van der Waals surface area contributed by atoms with E-state index in [1.807, 2.05) is 6.07 Å². The number of ketones is 1. The van der Waals surface area contributed by atoms with Crippen LogP contribution in [0.15, 0.2) is 57.5 Å². The van der Waals surface area contributed by atoms with Crippen LogP contribution in [0.25, 0.3) is 17.4 Å². The number of nitrogens with zero attached hydrogens (tertiary/aromatic N) is 2. The second-order valence-electron chi connectivity index (χ2n) is 7.86. The molecule has 1 atom stereocenters. The first-order valence-electron chi connectivity index (χ1n) is 10.4. The maximum absolute atomic E-state index is 13.1. The summed E-state index contributed by atoms with van der Waals surface area (Å²) in [6.45, 7) is 3.82. The lowest BCUT2D eigenvalue weighted by atomic mass is 9.94. The smallest absolute Gasteiger partial charge is 0.271 e. The molecule has 0 bridgehead atoms. The molecule has 2 aliphatic rings. The van der Waals surface area contributed by atoms with Gasteiger partial charge in [0.15, 0.2) is 5.78 Å². The van der Waals surface area contributed by atoms with Crippen LogP contribution >= 0.6 is 0 Å². The number of Topliss-reactive ketones (excluding diaryl/α,β-unsaturated/α-hetero) is 1. The van der Waals surface area contributed by atoms with Crippen molar-refractivity contribution in [1.29, 1.82) is 5.26 Å². The Balaban J connectivity index is 1.65. The van der Waals surface area contributed by atoms with E-state index in [9.17, 15) is 19.6 Å². The van der Waals surface area contributed by atoms with Gasteiger partial charge in [-0.05, 0) is 50.5 Å². The Morgan fingerprint density at radius 1 is 1.19 bits per heavy atom. The molecular weight excluding hydrogens is 408 g/mol. The molecule has 162 valence electrons. The molecular formula is C25H22N2O5. The van der Waals surface area contributed by atoms with Gasteiger partial charge in [-0.25, -0.2) is 0 Å². The van der Waals surface area contributed by atoms with Gasteiger partial charge in [0.2, 0.25) is 0 Å². The van der Waals surface area contributed by atoms with E-state index in [-0.39, 0.29) is 29.6 Å². The number of imide groups is 1. The van der Waals surface area contributed by atoms with Crippen LogP contribution in [0.3, 0.4) is 0 Å². The monoisotopic (exact) mass is 430 g/mol. The number of carbonyl (C=O) groups excluding carboxylic acids is 3. The molecule has 1 fully saturated rings. The normalized spacial score (nSPS) is 20.2. The zero-order chi connectivity index (χ0) is 22.8. The maximum atomic E-state index is 13.1. The molecule has 0 N–H and O–H groups in total. The molecule has 7 heteroatoms. The number of benzene rings is 1. The van der Waals surface area contributed by atoms with Crippen molar-refractivity contribution in [3.05, 3.63) is 64.4 Å². The number of rotatable bonds is 5. The molecule has 0 aliphatic carbocycles. The number of amides is 2. The average Bonchev–Trinajstić information content (AvgIpc) is 3.47. The topological polar surface area (TPSA) is 101 Å². The van der Waals surface area contributed by atoms with Crippen LogP contribution < -0.4 is 0 Å². The molecule has 0 radical (unpaired) electrons.